The first-order chi connectivity index (χ1) is 7.68. The third-order valence-electron chi connectivity index (χ3n) is 3.43. The van der Waals surface area contributed by atoms with Crippen molar-refractivity contribution in [3.63, 3.8) is 0 Å². The van der Waals surface area contributed by atoms with Crippen LogP contribution in [-0.2, 0) is 4.79 Å². The second-order valence-corrected chi connectivity index (χ2v) is 6.12. The third-order valence-corrected chi connectivity index (χ3v) is 4.51. The van der Waals surface area contributed by atoms with Gasteiger partial charge in [0.05, 0.1) is 11.9 Å². The van der Waals surface area contributed by atoms with Crippen molar-refractivity contribution in [3.8, 4) is 0 Å². The molecule has 3 nitrogen and oxygen atoms in total. The van der Waals surface area contributed by atoms with Crippen LogP contribution in [0.5, 0.6) is 0 Å². The highest BCUT2D eigenvalue weighted by Crippen LogP contribution is 2.24. The highest BCUT2D eigenvalue weighted by atomic mass is 32.2. The first-order valence-electron chi connectivity index (χ1n) is 6.29. The van der Waals surface area contributed by atoms with Crippen LogP contribution in [0.2, 0.25) is 0 Å². The van der Waals surface area contributed by atoms with Crippen LogP contribution in [0.3, 0.4) is 0 Å². The summed E-state index contributed by atoms with van der Waals surface area (Å²) in [7, 11) is 0. The summed E-state index contributed by atoms with van der Waals surface area (Å²) >= 11 is 1.90. The van der Waals surface area contributed by atoms with E-state index in [9.17, 15) is 4.79 Å². The van der Waals surface area contributed by atoms with Crippen molar-refractivity contribution in [1.82, 2.24) is 9.80 Å². The molecular formula is C12H22N2OS. The minimum absolute atomic E-state index is 0.139. The zero-order chi connectivity index (χ0) is 11.5. The SMILES string of the molecule is CC(C)C(=O)N1CSCC1CN1CCCC1. The summed E-state index contributed by atoms with van der Waals surface area (Å²) < 4.78 is 0. The highest BCUT2D eigenvalue weighted by molar-refractivity contribution is 7.99. The first kappa shape index (κ1) is 12.2. The number of hydrogen-bond acceptors (Lipinski definition) is 3. The van der Waals surface area contributed by atoms with Crippen LogP contribution in [-0.4, -0.2) is 53.0 Å². The van der Waals surface area contributed by atoms with Crippen LogP contribution in [0.15, 0.2) is 0 Å². The molecule has 0 aliphatic carbocycles. The van der Waals surface area contributed by atoms with Crippen molar-refractivity contribution in [1.29, 1.82) is 0 Å². The Morgan fingerprint density at radius 1 is 1.38 bits per heavy atom. The van der Waals surface area contributed by atoms with Crippen LogP contribution >= 0.6 is 11.8 Å². The Labute approximate surface area is 103 Å². The second-order valence-electron chi connectivity index (χ2n) is 5.12. The summed E-state index contributed by atoms with van der Waals surface area (Å²) in [4.78, 5) is 16.6. The maximum absolute atomic E-state index is 12.0. The predicted molar refractivity (Wildman–Crippen MR) is 68.5 cm³/mol. The lowest BCUT2D eigenvalue weighted by atomic mass is 10.1. The van der Waals surface area contributed by atoms with E-state index in [0.29, 0.717) is 11.9 Å². The van der Waals surface area contributed by atoms with Crippen LogP contribution < -0.4 is 0 Å². The van der Waals surface area contributed by atoms with Gasteiger partial charge < -0.3 is 9.80 Å². The zero-order valence-electron chi connectivity index (χ0n) is 10.3. The molecule has 0 aromatic rings. The van der Waals surface area contributed by atoms with E-state index in [-0.39, 0.29) is 5.92 Å². The Morgan fingerprint density at radius 3 is 2.69 bits per heavy atom. The van der Waals surface area contributed by atoms with Crippen LogP contribution in [0.25, 0.3) is 0 Å². The number of carbonyl (C=O) groups is 1. The van der Waals surface area contributed by atoms with Crippen molar-refractivity contribution >= 4 is 17.7 Å². The smallest absolute Gasteiger partial charge is 0.226 e. The van der Waals surface area contributed by atoms with Crippen molar-refractivity contribution < 1.29 is 4.79 Å². The molecule has 2 saturated heterocycles. The second kappa shape index (κ2) is 5.41. The molecule has 1 unspecified atom stereocenters. The molecule has 16 heavy (non-hydrogen) atoms. The Morgan fingerprint density at radius 2 is 2.06 bits per heavy atom. The fraction of sp³-hybridized carbons (Fsp3) is 0.917. The summed E-state index contributed by atoms with van der Waals surface area (Å²) in [6, 6.07) is 0.456. The molecule has 0 aromatic heterocycles. The molecule has 0 N–H and O–H groups in total. The van der Waals surface area contributed by atoms with Gasteiger partial charge >= 0.3 is 0 Å². The largest absolute Gasteiger partial charge is 0.328 e. The van der Waals surface area contributed by atoms with Gasteiger partial charge in [0.25, 0.3) is 0 Å². The summed E-state index contributed by atoms with van der Waals surface area (Å²) in [6.07, 6.45) is 2.66. The molecule has 0 bridgehead atoms. The van der Waals surface area contributed by atoms with Gasteiger partial charge in [0, 0.05) is 18.2 Å². The summed E-state index contributed by atoms with van der Waals surface area (Å²) in [5.74, 6) is 2.48. The molecule has 2 fully saturated rings. The van der Waals surface area contributed by atoms with Crippen molar-refractivity contribution in [2.75, 3.05) is 31.3 Å². The molecular weight excluding hydrogens is 220 g/mol. The molecule has 1 amide bonds. The number of amides is 1. The summed E-state index contributed by atoms with van der Waals surface area (Å²) in [5, 5.41) is 0. The highest BCUT2D eigenvalue weighted by Gasteiger charge is 2.32. The van der Waals surface area contributed by atoms with Crippen LogP contribution in [0.1, 0.15) is 26.7 Å². The third kappa shape index (κ3) is 2.72. The number of carbonyl (C=O) groups excluding carboxylic acids is 1. The molecule has 0 radical (unpaired) electrons. The van der Waals surface area contributed by atoms with Gasteiger partial charge in [0.1, 0.15) is 0 Å². The molecule has 0 spiro atoms. The van der Waals surface area contributed by atoms with E-state index < -0.39 is 0 Å². The average molecular weight is 242 g/mol. The Hall–Kier alpha value is -0.220. The Balaban J connectivity index is 1.89. The van der Waals surface area contributed by atoms with E-state index in [1.807, 2.05) is 25.6 Å². The minimum Gasteiger partial charge on any atom is -0.328 e. The average Bonchev–Trinajstić information content (AvgIpc) is 2.88. The molecule has 0 aromatic carbocycles. The van der Waals surface area contributed by atoms with Crippen LogP contribution in [0, 0.1) is 5.92 Å². The fourth-order valence-electron chi connectivity index (χ4n) is 2.47. The van der Waals surface area contributed by atoms with Gasteiger partial charge in [0.15, 0.2) is 0 Å². The van der Waals surface area contributed by atoms with E-state index in [1.165, 1.54) is 25.9 Å². The van der Waals surface area contributed by atoms with Gasteiger partial charge in [0.2, 0.25) is 5.91 Å². The van der Waals surface area contributed by atoms with Gasteiger partial charge in [-0.15, -0.1) is 11.8 Å². The number of rotatable bonds is 3. The Kier molecular flexibility index (Phi) is 4.14. The quantitative estimate of drug-likeness (QED) is 0.752. The molecule has 4 heteroatoms. The van der Waals surface area contributed by atoms with Gasteiger partial charge in [-0.1, -0.05) is 13.8 Å². The lowest BCUT2D eigenvalue weighted by molar-refractivity contribution is -0.135. The lowest BCUT2D eigenvalue weighted by Crippen LogP contribution is -2.45. The van der Waals surface area contributed by atoms with Crippen molar-refractivity contribution in [3.05, 3.63) is 0 Å². The molecule has 92 valence electrons. The molecule has 2 aliphatic rings. The summed E-state index contributed by atoms with van der Waals surface area (Å²) in [6.45, 7) is 7.54. The zero-order valence-corrected chi connectivity index (χ0v) is 11.1. The van der Waals surface area contributed by atoms with E-state index >= 15 is 0 Å². The van der Waals surface area contributed by atoms with E-state index in [4.69, 9.17) is 0 Å². The van der Waals surface area contributed by atoms with E-state index in [0.717, 1.165) is 18.2 Å². The van der Waals surface area contributed by atoms with Crippen LogP contribution in [0.4, 0.5) is 0 Å². The van der Waals surface area contributed by atoms with E-state index in [1.54, 1.807) is 0 Å². The molecule has 2 aliphatic heterocycles. The molecule has 2 heterocycles. The standard InChI is InChI=1S/C12H22N2OS/c1-10(2)12(15)14-9-16-8-11(14)7-13-5-3-4-6-13/h10-11H,3-9H2,1-2H3. The van der Waals surface area contributed by atoms with Crippen molar-refractivity contribution in [2.24, 2.45) is 5.92 Å². The van der Waals surface area contributed by atoms with Gasteiger partial charge in [-0.05, 0) is 25.9 Å². The molecule has 2 rings (SSSR count). The van der Waals surface area contributed by atoms with E-state index in [2.05, 4.69) is 9.80 Å². The summed E-state index contributed by atoms with van der Waals surface area (Å²) in [5.41, 5.74) is 0. The Bertz CT molecular complexity index is 251. The minimum atomic E-state index is 0.139. The molecule has 0 saturated carbocycles. The lowest BCUT2D eigenvalue weighted by Gasteiger charge is -2.28. The normalized spacial score (nSPS) is 26.9. The molecule has 1 atom stereocenters. The number of thioether (sulfide) groups is 1. The van der Waals surface area contributed by atoms with Gasteiger partial charge in [-0.3, -0.25) is 4.79 Å². The number of hydrogen-bond donors (Lipinski definition) is 0. The number of nitrogens with zero attached hydrogens (tertiary/aromatic N) is 2. The van der Waals surface area contributed by atoms with Crippen molar-refractivity contribution in [2.45, 2.75) is 32.7 Å². The maximum atomic E-state index is 12.0. The topological polar surface area (TPSA) is 23.6 Å². The first-order valence-corrected chi connectivity index (χ1v) is 7.44. The fourth-order valence-corrected chi connectivity index (χ4v) is 3.67. The monoisotopic (exact) mass is 242 g/mol. The maximum Gasteiger partial charge on any atom is 0.226 e. The predicted octanol–water partition coefficient (Wildman–Crippen LogP) is 1.64. The number of likely N-dealkylation sites (tertiary alicyclic amines) is 1. The van der Waals surface area contributed by atoms with Gasteiger partial charge in [-0.2, -0.15) is 0 Å². The van der Waals surface area contributed by atoms with Gasteiger partial charge in [-0.25, -0.2) is 0 Å².